The first-order valence-electron chi connectivity index (χ1n) is 5.89. The number of aromatic amines is 1. The molecule has 0 atom stereocenters. The number of halogens is 3. The molecule has 2 heterocycles. The van der Waals surface area contributed by atoms with Gasteiger partial charge in [0, 0.05) is 13.1 Å². The lowest BCUT2D eigenvalue weighted by atomic mass is 10.3. The van der Waals surface area contributed by atoms with Crippen LogP contribution in [0.3, 0.4) is 0 Å². The third kappa shape index (κ3) is 2.45. The largest absolute Gasteiger partial charge is 0.357 e. The molecule has 21 heavy (non-hydrogen) atoms. The standard InChI is InChI=1S/C12H9ClF2N6/c1-16-12-20-10-9(17-4-18-10)11(21-12)19-8-6(13)2-5(14)3-7(8)15/h2-4H,1H3,(H3,16,17,18,19,20,21). The second kappa shape index (κ2) is 5.13. The zero-order valence-corrected chi connectivity index (χ0v) is 11.5. The minimum absolute atomic E-state index is 0.0743. The summed E-state index contributed by atoms with van der Waals surface area (Å²) in [5, 5.41) is 5.41. The van der Waals surface area contributed by atoms with Crippen LogP contribution in [0.2, 0.25) is 5.02 Å². The number of aromatic nitrogens is 4. The first kappa shape index (κ1) is 13.5. The highest BCUT2D eigenvalue weighted by atomic mass is 35.5. The molecule has 1 aromatic carbocycles. The molecule has 0 spiro atoms. The van der Waals surface area contributed by atoms with Crippen LogP contribution in [-0.2, 0) is 0 Å². The first-order valence-corrected chi connectivity index (χ1v) is 6.26. The summed E-state index contributed by atoms with van der Waals surface area (Å²) in [4.78, 5) is 15.2. The predicted molar refractivity (Wildman–Crippen MR) is 75.9 cm³/mol. The van der Waals surface area contributed by atoms with E-state index in [9.17, 15) is 8.78 Å². The molecule has 0 radical (unpaired) electrons. The molecule has 0 aliphatic heterocycles. The van der Waals surface area contributed by atoms with E-state index in [1.807, 2.05) is 0 Å². The topological polar surface area (TPSA) is 78.5 Å². The minimum Gasteiger partial charge on any atom is -0.357 e. The zero-order chi connectivity index (χ0) is 15.0. The van der Waals surface area contributed by atoms with Crippen LogP contribution in [-0.4, -0.2) is 27.0 Å². The lowest BCUT2D eigenvalue weighted by Crippen LogP contribution is -2.03. The van der Waals surface area contributed by atoms with Crippen molar-refractivity contribution in [2.75, 3.05) is 17.7 Å². The number of hydrogen-bond donors (Lipinski definition) is 3. The number of fused-ring (bicyclic) bond motifs is 1. The summed E-state index contributed by atoms with van der Waals surface area (Å²) < 4.78 is 26.9. The van der Waals surface area contributed by atoms with Gasteiger partial charge in [0.1, 0.15) is 11.3 Å². The van der Waals surface area contributed by atoms with Gasteiger partial charge in [-0.1, -0.05) is 11.6 Å². The molecular weight excluding hydrogens is 302 g/mol. The van der Waals surface area contributed by atoms with Crippen molar-refractivity contribution in [2.45, 2.75) is 0 Å². The molecule has 0 saturated heterocycles. The molecule has 0 aliphatic carbocycles. The van der Waals surface area contributed by atoms with Crippen molar-refractivity contribution in [3.05, 3.63) is 35.1 Å². The van der Waals surface area contributed by atoms with E-state index in [1.54, 1.807) is 7.05 Å². The van der Waals surface area contributed by atoms with Gasteiger partial charge in [0.25, 0.3) is 0 Å². The van der Waals surface area contributed by atoms with E-state index < -0.39 is 11.6 Å². The summed E-state index contributed by atoms with van der Waals surface area (Å²) in [5.74, 6) is -1.00. The number of imidazole rings is 1. The van der Waals surface area contributed by atoms with Gasteiger partial charge >= 0.3 is 0 Å². The van der Waals surface area contributed by atoms with Crippen molar-refractivity contribution < 1.29 is 8.78 Å². The van der Waals surface area contributed by atoms with Gasteiger partial charge in [0.2, 0.25) is 5.95 Å². The van der Waals surface area contributed by atoms with Crippen molar-refractivity contribution in [1.29, 1.82) is 0 Å². The van der Waals surface area contributed by atoms with Crippen LogP contribution in [0.15, 0.2) is 18.5 Å². The Balaban J connectivity index is 2.11. The van der Waals surface area contributed by atoms with Gasteiger partial charge < -0.3 is 15.6 Å². The summed E-state index contributed by atoms with van der Waals surface area (Å²) in [6.45, 7) is 0. The third-order valence-electron chi connectivity index (χ3n) is 2.76. The fourth-order valence-corrected chi connectivity index (χ4v) is 2.06. The molecule has 3 rings (SSSR count). The van der Waals surface area contributed by atoms with E-state index in [-0.39, 0.29) is 16.5 Å². The Morgan fingerprint density at radius 1 is 1.24 bits per heavy atom. The fraction of sp³-hybridized carbons (Fsp3) is 0.0833. The third-order valence-corrected chi connectivity index (χ3v) is 3.06. The van der Waals surface area contributed by atoms with E-state index in [1.165, 1.54) is 6.33 Å². The summed E-state index contributed by atoms with van der Waals surface area (Å²) in [7, 11) is 1.64. The molecular formula is C12H9ClF2N6. The Morgan fingerprint density at radius 3 is 2.76 bits per heavy atom. The molecule has 9 heteroatoms. The first-order chi connectivity index (χ1) is 10.1. The molecule has 0 bridgehead atoms. The van der Waals surface area contributed by atoms with Gasteiger partial charge in [0.05, 0.1) is 17.0 Å². The monoisotopic (exact) mass is 310 g/mol. The van der Waals surface area contributed by atoms with Crippen LogP contribution in [0.5, 0.6) is 0 Å². The van der Waals surface area contributed by atoms with Crippen molar-refractivity contribution in [1.82, 2.24) is 19.9 Å². The van der Waals surface area contributed by atoms with Gasteiger partial charge in [-0.2, -0.15) is 9.97 Å². The molecule has 2 aromatic heterocycles. The second-order valence-corrected chi connectivity index (χ2v) is 4.52. The number of nitrogens with zero attached hydrogens (tertiary/aromatic N) is 3. The van der Waals surface area contributed by atoms with Crippen LogP contribution in [0.4, 0.5) is 26.2 Å². The predicted octanol–water partition coefficient (Wildman–Crippen LogP) is 3.07. The maximum Gasteiger partial charge on any atom is 0.226 e. The van der Waals surface area contributed by atoms with Gasteiger partial charge in [-0.15, -0.1) is 0 Å². The number of anilines is 3. The Kier molecular flexibility index (Phi) is 3.30. The molecule has 3 aromatic rings. The van der Waals surface area contributed by atoms with E-state index in [0.29, 0.717) is 17.1 Å². The number of rotatable bonds is 3. The van der Waals surface area contributed by atoms with E-state index in [4.69, 9.17) is 11.6 Å². The quantitative estimate of drug-likeness (QED) is 0.693. The smallest absolute Gasteiger partial charge is 0.226 e. The molecule has 0 unspecified atom stereocenters. The Hall–Kier alpha value is -2.48. The number of H-pyrrole nitrogens is 1. The summed E-state index contributed by atoms with van der Waals surface area (Å²) in [6.07, 6.45) is 1.44. The Bertz CT molecular complexity index is 796. The Morgan fingerprint density at radius 2 is 2.05 bits per heavy atom. The average molecular weight is 311 g/mol. The van der Waals surface area contributed by atoms with Crippen LogP contribution < -0.4 is 10.6 Å². The van der Waals surface area contributed by atoms with Gasteiger partial charge in [-0.3, -0.25) is 0 Å². The molecule has 0 aliphatic rings. The lowest BCUT2D eigenvalue weighted by molar-refractivity contribution is 0.586. The van der Waals surface area contributed by atoms with Crippen LogP contribution in [0, 0.1) is 11.6 Å². The molecule has 0 amide bonds. The van der Waals surface area contributed by atoms with Crippen molar-refractivity contribution in [3.63, 3.8) is 0 Å². The van der Waals surface area contributed by atoms with E-state index in [2.05, 4.69) is 30.6 Å². The number of nitrogens with one attached hydrogen (secondary N) is 3. The highest BCUT2D eigenvalue weighted by Gasteiger charge is 2.15. The summed E-state index contributed by atoms with van der Waals surface area (Å²) in [5.41, 5.74) is 0.805. The SMILES string of the molecule is CNc1nc(Nc2c(F)cc(F)cc2Cl)c2[nH]cnc2n1. The highest BCUT2D eigenvalue weighted by Crippen LogP contribution is 2.31. The van der Waals surface area contributed by atoms with Gasteiger partial charge in [-0.05, 0) is 6.07 Å². The van der Waals surface area contributed by atoms with Gasteiger partial charge in [0.15, 0.2) is 17.3 Å². The number of hydrogen-bond acceptors (Lipinski definition) is 5. The lowest BCUT2D eigenvalue weighted by Gasteiger charge is -2.10. The molecule has 3 N–H and O–H groups in total. The molecule has 0 saturated carbocycles. The van der Waals surface area contributed by atoms with E-state index in [0.717, 1.165) is 12.1 Å². The summed E-state index contributed by atoms with van der Waals surface area (Å²) >= 11 is 5.86. The Labute approximate surface area is 122 Å². The summed E-state index contributed by atoms with van der Waals surface area (Å²) in [6, 6.07) is 1.75. The molecule has 0 fully saturated rings. The molecule has 6 nitrogen and oxygen atoms in total. The van der Waals surface area contributed by atoms with Crippen molar-refractivity contribution >= 4 is 40.2 Å². The second-order valence-electron chi connectivity index (χ2n) is 4.12. The highest BCUT2D eigenvalue weighted by molar-refractivity contribution is 6.33. The van der Waals surface area contributed by atoms with Crippen molar-refractivity contribution in [2.24, 2.45) is 0 Å². The molecule has 108 valence electrons. The maximum absolute atomic E-state index is 13.8. The zero-order valence-electron chi connectivity index (χ0n) is 10.7. The maximum atomic E-state index is 13.8. The normalized spacial score (nSPS) is 10.9. The van der Waals surface area contributed by atoms with Crippen LogP contribution in [0.1, 0.15) is 0 Å². The van der Waals surface area contributed by atoms with Gasteiger partial charge in [-0.25, -0.2) is 13.8 Å². The van der Waals surface area contributed by atoms with E-state index >= 15 is 0 Å². The van der Waals surface area contributed by atoms with Crippen LogP contribution in [0.25, 0.3) is 11.2 Å². The average Bonchev–Trinajstić information content (AvgIpc) is 2.90. The fourth-order valence-electron chi connectivity index (χ4n) is 1.82. The number of benzene rings is 1. The van der Waals surface area contributed by atoms with Crippen molar-refractivity contribution in [3.8, 4) is 0 Å². The van der Waals surface area contributed by atoms with Crippen LogP contribution >= 0.6 is 11.6 Å². The minimum atomic E-state index is -0.822.